The molecule has 0 saturated heterocycles. The fraction of sp³-hybridized carbons (Fsp3) is 0.611. The molecule has 2 aliphatic rings. The highest BCUT2D eigenvalue weighted by molar-refractivity contribution is 5.73. The van der Waals surface area contributed by atoms with Crippen LogP contribution in [0.15, 0.2) is 22.8 Å². The van der Waals surface area contributed by atoms with E-state index in [2.05, 4.69) is 15.2 Å². The van der Waals surface area contributed by atoms with Gasteiger partial charge in [-0.15, -0.1) is 5.10 Å². The molecule has 1 aliphatic heterocycles. The Balaban J connectivity index is 0.000000298. The first-order chi connectivity index (χ1) is 13.7. The van der Waals surface area contributed by atoms with E-state index in [1.807, 2.05) is 23.9 Å². The van der Waals surface area contributed by atoms with Crippen molar-refractivity contribution in [3.05, 3.63) is 35.5 Å². The molecule has 1 aliphatic carbocycles. The Kier molecular flexibility index (Phi) is 6.58. The lowest BCUT2D eigenvalue weighted by molar-refractivity contribution is -0.192. The second-order valence-electron chi connectivity index (χ2n) is 7.27. The fourth-order valence-corrected chi connectivity index (χ4v) is 3.23. The first kappa shape index (κ1) is 21.3. The molecule has 3 heterocycles. The average molecular weight is 416 g/mol. The molecular formula is C18H23F3N4O4. The van der Waals surface area contributed by atoms with Gasteiger partial charge in [-0.3, -0.25) is 9.58 Å². The van der Waals surface area contributed by atoms with Gasteiger partial charge >= 0.3 is 12.1 Å². The molecule has 0 spiro atoms. The molecule has 0 amide bonds. The van der Waals surface area contributed by atoms with Gasteiger partial charge in [0.2, 0.25) is 0 Å². The van der Waals surface area contributed by atoms with Crippen molar-refractivity contribution < 1.29 is 32.2 Å². The summed E-state index contributed by atoms with van der Waals surface area (Å²) in [4.78, 5) is 11.3. The lowest BCUT2D eigenvalue weighted by Crippen LogP contribution is -2.36. The summed E-state index contributed by atoms with van der Waals surface area (Å²) in [5, 5.41) is 15.6. The van der Waals surface area contributed by atoms with E-state index < -0.39 is 12.1 Å². The molecule has 2 aromatic rings. The molecule has 1 unspecified atom stereocenters. The Morgan fingerprint density at radius 1 is 1.38 bits per heavy atom. The second-order valence-corrected chi connectivity index (χ2v) is 7.27. The summed E-state index contributed by atoms with van der Waals surface area (Å²) in [5.41, 5.74) is 2.30. The summed E-state index contributed by atoms with van der Waals surface area (Å²) in [7, 11) is 1.97. The summed E-state index contributed by atoms with van der Waals surface area (Å²) in [6.45, 7) is 4.24. The molecule has 0 bridgehead atoms. The molecular weight excluding hydrogens is 393 g/mol. The number of aromatic nitrogens is 3. The molecule has 1 fully saturated rings. The molecule has 29 heavy (non-hydrogen) atoms. The minimum absolute atomic E-state index is 0.331. The van der Waals surface area contributed by atoms with E-state index in [0.29, 0.717) is 5.92 Å². The summed E-state index contributed by atoms with van der Waals surface area (Å²) in [6.07, 6.45) is -0.704. The lowest BCUT2D eigenvalue weighted by atomic mass is 9.99. The number of ether oxygens (including phenoxy) is 1. The van der Waals surface area contributed by atoms with Gasteiger partial charge in [-0.25, -0.2) is 4.79 Å². The summed E-state index contributed by atoms with van der Waals surface area (Å²) in [5.74, 6) is -0.637. The zero-order chi connectivity index (χ0) is 21.0. The number of halogens is 3. The maximum Gasteiger partial charge on any atom is 0.490 e. The van der Waals surface area contributed by atoms with Crippen LogP contribution in [0.5, 0.6) is 0 Å². The van der Waals surface area contributed by atoms with Crippen LogP contribution in [0.1, 0.15) is 35.9 Å². The Morgan fingerprint density at radius 3 is 2.69 bits per heavy atom. The van der Waals surface area contributed by atoms with Gasteiger partial charge in [-0.2, -0.15) is 13.2 Å². The highest BCUT2D eigenvalue weighted by atomic mass is 19.4. The topological polar surface area (TPSA) is 93.6 Å². The molecule has 1 N–H and O–H groups in total. The van der Waals surface area contributed by atoms with Crippen molar-refractivity contribution in [2.24, 2.45) is 13.0 Å². The van der Waals surface area contributed by atoms with Crippen molar-refractivity contribution in [3.63, 3.8) is 0 Å². The minimum atomic E-state index is -5.08. The third kappa shape index (κ3) is 6.04. The molecule has 1 atom stereocenters. The predicted molar refractivity (Wildman–Crippen MR) is 93.8 cm³/mol. The van der Waals surface area contributed by atoms with Gasteiger partial charge in [0.05, 0.1) is 25.1 Å². The number of fused-ring (bicyclic) bond motifs is 1. The maximum atomic E-state index is 10.6. The Bertz CT molecular complexity index is 803. The number of hydrogen-bond donors (Lipinski definition) is 1. The highest BCUT2D eigenvalue weighted by Crippen LogP contribution is 2.31. The van der Waals surface area contributed by atoms with Gasteiger partial charge < -0.3 is 14.3 Å². The SMILES string of the molecule is Cn1nnc2c1C(COCC1CC1)CN(Cc1ccco1)C2.O=C(O)C(F)(F)F. The van der Waals surface area contributed by atoms with Gasteiger partial charge in [0, 0.05) is 32.7 Å². The van der Waals surface area contributed by atoms with Gasteiger partial charge in [-0.1, -0.05) is 5.21 Å². The van der Waals surface area contributed by atoms with E-state index >= 15 is 0 Å². The van der Waals surface area contributed by atoms with E-state index in [1.54, 1.807) is 6.26 Å². The summed E-state index contributed by atoms with van der Waals surface area (Å²) >= 11 is 0. The number of carbonyl (C=O) groups is 1. The van der Waals surface area contributed by atoms with Crippen LogP contribution in [0.2, 0.25) is 0 Å². The number of alkyl halides is 3. The molecule has 160 valence electrons. The average Bonchev–Trinajstić information content (AvgIpc) is 3.18. The third-order valence-corrected chi connectivity index (χ3v) is 4.75. The normalized spacial score (nSPS) is 19.4. The first-order valence-corrected chi connectivity index (χ1v) is 9.25. The van der Waals surface area contributed by atoms with Gasteiger partial charge in [0.15, 0.2) is 0 Å². The molecule has 11 heteroatoms. The van der Waals surface area contributed by atoms with Crippen molar-refractivity contribution in [1.29, 1.82) is 0 Å². The standard InChI is InChI=1S/C16H22N4O2.C2HF3O2/c1-19-16-13(11-21-10-12-4-5-12)7-20(9-15(16)17-18-19)8-14-3-2-6-22-14;3-2(4,5)1(6)7/h2-3,6,12-13H,4-5,7-11H2,1H3;(H,6,7). The Morgan fingerprint density at radius 2 is 2.10 bits per heavy atom. The van der Waals surface area contributed by atoms with Gasteiger partial charge in [-0.05, 0) is 30.9 Å². The minimum Gasteiger partial charge on any atom is -0.475 e. The van der Waals surface area contributed by atoms with Crippen LogP contribution in [0.25, 0.3) is 0 Å². The number of furan rings is 1. The van der Waals surface area contributed by atoms with E-state index in [9.17, 15) is 13.2 Å². The number of aryl methyl sites for hydroxylation is 1. The van der Waals surface area contributed by atoms with Crippen molar-refractivity contribution in [2.45, 2.75) is 38.0 Å². The summed E-state index contributed by atoms with van der Waals surface area (Å²) in [6, 6.07) is 3.95. The quantitative estimate of drug-likeness (QED) is 0.774. The summed E-state index contributed by atoms with van der Waals surface area (Å²) < 4.78 is 45.1. The third-order valence-electron chi connectivity index (χ3n) is 4.75. The van der Waals surface area contributed by atoms with Crippen LogP contribution >= 0.6 is 0 Å². The van der Waals surface area contributed by atoms with Crippen LogP contribution in [-0.2, 0) is 29.7 Å². The number of carboxylic acid groups (broad SMARTS) is 1. The fourth-order valence-electron chi connectivity index (χ4n) is 3.23. The number of carboxylic acids is 1. The lowest BCUT2D eigenvalue weighted by Gasteiger charge is -2.31. The van der Waals surface area contributed by atoms with E-state index in [-0.39, 0.29) is 0 Å². The van der Waals surface area contributed by atoms with Crippen LogP contribution in [0.4, 0.5) is 13.2 Å². The molecule has 2 aromatic heterocycles. The number of rotatable bonds is 6. The number of aliphatic carboxylic acids is 1. The van der Waals surface area contributed by atoms with E-state index in [1.165, 1.54) is 18.5 Å². The van der Waals surface area contributed by atoms with Crippen LogP contribution in [0, 0.1) is 5.92 Å². The van der Waals surface area contributed by atoms with Crippen molar-refractivity contribution in [1.82, 2.24) is 19.9 Å². The van der Waals surface area contributed by atoms with Gasteiger partial charge in [0.1, 0.15) is 11.5 Å². The first-order valence-electron chi connectivity index (χ1n) is 9.25. The second kappa shape index (κ2) is 8.95. The monoisotopic (exact) mass is 416 g/mol. The molecule has 0 radical (unpaired) electrons. The molecule has 4 rings (SSSR count). The van der Waals surface area contributed by atoms with Crippen LogP contribution in [-0.4, -0.2) is 56.9 Å². The van der Waals surface area contributed by atoms with E-state index in [4.69, 9.17) is 19.1 Å². The smallest absolute Gasteiger partial charge is 0.475 e. The zero-order valence-electron chi connectivity index (χ0n) is 15.9. The van der Waals surface area contributed by atoms with E-state index in [0.717, 1.165) is 50.2 Å². The van der Waals surface area contributed by atoms with Crippen LogP contribution < -0.4 is 0 Å². The molecule has 8 nitrogen and oxygen atoms in total. The van der Waals surface area contributed by atoms with Gasteiger partial charge in [0.25, 0.3) is 0 Å². The number of nitrogens with zero attached hydrogens (tertiary/aromatic N) is 4. The highest BCUT2D eigenvalue weighted by Gasteiger charge is 2.38. The molecule has 0 aromatic carbocycles. The zero-order valence-corrected chi connectivity index (χ0v) is 15.9. The molecule has 1 saturated carbocycles. The van der Waals surface area contributed by atoms with Crippen molar-refractivity contribution >= 4 is 5.97 Å². The Hall–Kier alpha value is -2.40. The predicted octanol–water partition coefficient (Wildman–Crippen LogP) is 2.57. The Labute approximate surface area is 165 Å². The van der Waals surface area contributed by atoms with Crippen molar-refractivity contribution in [2.75, 3.05) is 19.8 Å². The number of hydrogen-bond acceptors (Lipinski definition) is 6. The largest absolute Gasteiger partial charge is 0.490 e. The van der Waals surface area contributed by atoms with Crippen LogP contribution in [0.3, 0.4) is 0 Å². The maximum absolute atomic E-state index is 10.6. The van der Waals surface area contributed by atoms with Crippen molar-refractivity contribution in [3.8, 4) is 0 Å².